The van der Waals surface area contributed by atoms with Crippen LogP contribution in [0.3, 0.4) is 0 Å². The molecule has 4 saturated carbocycles. The number of aliphatic hydroxyl groups excluding tert-OH is 2. The van der Waals surface area contributed by atoms with E-state index in [0.717, 1.165) is 44.1 Å². The van der Waals surface area contributed by atoms with E-state index in [-0.39, 0.29) is 53.0 Å². The number of aliphatic hydroxyl groups is 3. The van der Waals surface area contributed by atoms with Crippen LogP contribution in [0.5, 0.6) is 0 Å². The fourth-order valence-corrected chi connectivity index (χ4v) is 10.8. The molecule has 6 heteroatoms. The summed E-state index contributed by atoms with van der Waals surface area (Å²) in [5.74, 6) is -0.977. The molecule has 0 aliphatic heterocycles. The van der Waals surface area contributed by atoms with E-state index in [1.807, 2.05) is 6.92 Å². The van der Waals surface area contributed by atoms with Crippen molar-refractivity contribution in [3.63, 3.8) is 0 Å². The molecular weight excluding hydrogens is 456 g/mol. The highest BCUT2D eigenvalue weighted by atomic mass is 16.4. The molecule has 0 aromatic rings. The third-order valence-corrected chi connectivity index (χ3v) is 13.4. The summed E-state index contributed by atoms with van der Waals surface area (Å²) in [6.45, 7) is 10.3. The Labute approximate surface area is 215 Å². The Hall–Kier alpha value is -1.24. The highest BCUT2D eigenvalue weighted by Crippen LogP contribution is 2.75. The number of fused-ring (bicyclic) bond motifs is 7. The number of carboxylic acids is 1. The molecule has 4 fully saturated rings. The summed E-state index contributed by atoms with van der Waals surface area (Å²) in [5.41, 5.74) is -2.53. The van der Waals surface area contributed by atoms with Crippen LogP contribution in [0.15, 0.2) is 11.6 Å². The molecule has 202 valence electrons. The number of Topliss-reactive ketones (excluding diaryl/α,β-unsaturated/α-hetero) is 1. The summed E-state index contributed by atoms with van der Waals surface area (Å²) in [4.78, 5) is 25.9. The molecule has 0 aromatic carbocycles. The van der Waals surface area contributed by atoms with Crippen LogP contribution in [0, 0.1) is 50.7 Å². The first-order valence-corrected chi connectivity index (χ1v) is 14.1. The van der Waals surface area contributed by atoms with Crippen molar-refractivity contribution in [2.24, 2.45) is 50.7 Å². The second-order valence-corrected chi connectivity index (χ2v) is 14.2. The van der Waals surface area contributed by atoms with Gasteiger partial charge in [0.05, 0.1) is 29.6 Å². The quantitative estimate of drug-likeness (QED) is 0.426. The number of rotatable bonds is 3. The predicted molar refractivity (Wildman–Crippen MR) is 136 cm³/mol. The molecule has 0 aromatic heterocycles. The number of carboxylic acid groups (broad SMARTS) is 1. The summed E-state index contributed by atoms with van der Waals surface area (Å²) < 4.78 is 0. The van der Waals surface area contributed by atoms with E-state index in [2.05, 4.69) is 33.8 Å². The maximum atomic E-state index is 13.0. The number of hydrogen-bond donors (Lipinski definition) is 4. The van der Waals surface area contributed by atoms with Crippen LogP contribution in [0.1, 0.15) is 92.4 Å². The minimum absolute atomic E-state index is 0.00650. The molecule has 5 rings (SSSR count). The number of carbonyl (C=O) groups excluding carboxylic acids is 1. The van der Waals surface area contributed by atoms with Gasteiger partial charge in [0.15, 0.2) is 0 Å². The van der Waals surface area contributed by atoms with Gasteiger partial charge in [-0.15, -0.1) is 0 Å². The first-order valence-electron chi connectivity index (χ1n) is 14.1. The number of aliphatic carboxylic acids is 1. The minimum Gasteiger partial charge on any atom is -0.481 e. The van der Waals surface area contributed by atoms with E-state index in [1.165, 1.54) is 0 Å². The average Bonchev–Trinajstić information content (AvgIpc) is 2.82. The SMILES string of the molecule is CC1CCC2(C(=O)O)CCC3(C)C(=CCC4C5(C)CCC(=O)C(CO)(CO)C5CCC43C)C2C1(C)O. The van der Waals surface area contributed by atoms with Crippen LogP contribution >= 0.6 is 0 Å². The lowest BCUT2D eigenvalue weighted by Gasteiger charge is -2.71. The lowest BCUT2D eigenvalue weighted by Crippen LogP contribution is -2.68. The molecule has 4 N–H and O–H groups in total. The van der Waals surface area contributed by atoms with Crippen LogP contribution in [0.4, 0.5) is 0 Å². The first kappa shape index (κ1) is 26.4. The monoisotopic (exact) mass is 502 g/mol. The lowest BCUT2D eigenvalue weighted by atomic mass is 9.33. The third kappa shape index (κ3) is 2.85. The van der Waals surface area contributed by atoms with Gasteiger partial charge < -0.3 is 20.4 Å². The van der Waals surface area contributed by atoms with Gasteiger partial charge in [0.2, 0.25) is 0 Å². The summed E-state index contributed by atoms with van der Waals surface area (Å²) in [6, 6.07) is 0. The zero-order valence-electron chi connectivity index (χ0n) is 22.8. The van der Waals surface area contributed by atoms with Crippen molar-refractivity contribution in [2.45, 2.75) is 98.0 Å². The Balaban J connectivity index is 1.64. The van der Waals surface area contributed by atoms with Crippen molar-refractivity contribution < 1.29 is 30.0 Å². The van der Waals surface area contributed by atoms with Crippen molar-refractivity contribution in [2.75, 3.05) is 13.2 Å². The molecular formula is C30H46O6. The number of ketones is 1. The van der Waals surface area contributed by atoms with Gasteiger partial charge in [-0.25, -0.2) is 0 Å². The molecule has 0 saturated heterocycles. The Bertz CT molecular complexity index is 995. The molecule has 5 aliphatic rings. The molecule has 0 bridgehead atoms. The normalized spacial score (nSPS) is 51.8. The van der Waals surface area contributed by atoms with Gasteiger partial charge in [0, 0.05) is 12.3 Å². The zero-order chi connectivity index (χ0) is 26.5. The first-order chi connectivity index (χ1) is 16.7. The highest BCUT2D eigenvalue weighted by molar-refractivity contribution is 5.86. The fraction of sp³-hybridized carbons (Fsp3) is 0.867. The van der Waals surface area contributed by atoms with Gasteiger partial charge in [0.1, 0.15) is 5.78 Å². The van der Waals surface area contributed by atoms with Crippen molar-refractivity contribution in [1.29, 1.82) is 0 Å². The Kier molecular flexibility index (Phi) is 5.78. The summed E-state index contributed by atoms with van der Waals surface area (Å²) in [7, 11) is 0. The van der Waals surface area contributed by atoms with E-state index < -0.39 is 28.3 Å². The Morgan fingerprint density at radius 1 is 0.972 bits per heavy atom. The predicted octanol–water partition coefficient (Wildman–Crippen LogP) is 4.36. The van der Waals surface area contributed by atoms with Gasteiger partial charge in [-0.2, -0.15) is 0 Å². The van der Waals surface area contributed by atoms with Crippen molar-refractivity contribution in [1.82, 2.24) is 0 Å². The van der Waals surface area contributed by atoms with Crippen molar-refractivity contribution in [3.8, 4) is 0 Å². The number of allylic oxidation sites excluding steroid dienone is 1. The largest absolute Gasteiger partial charge is 0.481 e. The second kappa shape index (κ2) is 7.89. The van der Waals surface area contributed by atoms with Crippen molar-refractivity contribution in [3.05, 3.63) is 11.6 Å². The van der Waals surface area contributed by atoms with Crippen LogP contribution < -0.4 is 0 Å². The van der Waals surface area contributed by atoms with Crippen LogP contribution in [-0.2, 0) is 9.59 Å². The van der Waals surface area contributed by atoms with Crippen molar-refractivity contribution >= 4 is 11.8 Å². The van der Waals surface area contributed by atoms with Crippen LogP contribution in [-0.4, -0.2) is 51.0 Å². The average molecular weight is 503 g/mol. The van der Waals surface area contributed by atoms with E-state index in [9.17, 15) is 30.0 Å². The standard InChI is InChI=1S/C30H46O6/c1-18-8-13-29(24(34)35)15-14-26(3)19(23(29)28(18,5)36)6-7-20-25(2)11-10-22(33)30(16-31,17-32)21(25)9-12-27(20,26)4/h6,18,20-21,23,31-32,36H,7-17H2,1-5H3,(H,34,35). The molecule has 9 unspecified atom stereocenters. The number of carbonyl (C=O) groups is 2. The summed E-state index contributed by atoms with van der Waals surface area (Å²) in [6.07, 6.45) is 8.52. The van der Waals surface area contributed by atoms with Crippen LogP contribution in [0.25, 0.3) is 0 Å². The second-order valence-electron chi connectivity index (χ2n) is 14.2. The molecule has 0 amide bonds. The highest BCUT2D eigenvalue weighted by Gasteiger charge is 2.72. The molecule has 6 nitrogen and oxygen atoms in total. The number of hydrogen-bond acceptors (Lipinski definition) is 5. The zero-order valence-corrected chi connectivity index (χ0v) is 22.8. The van der Waals surface area contributed by atoms with Crippen LogP contribution in [0.2, 0.25) is 0 Å². The Morgan fingerprint density at radius 3 is 2.25 bits per heavy atom. The van der Waals surface area contributed by atoms with Gasteiger partial charge >= 0.3 is 5.97 Å². The molecule has 0 spiro atoms. The molecule has 0 radical (unpaired) electrons. The Morgan fingerprint density at radius 2 is 1.64 bits per heavy atom. The van der Waals surface area contributed by atoms with Gasteiger partial charge in [-0.3, -0.25) is 9.59 Å². The lowest BCUT2D eigenvalue weighted by molar-refractivity contribution is -0.213. The molecule has 5 aliphatic carbocycles. The minimum atomic E-state index is -1.09. The summed E-state index contributed by atoms with van der Waals surface area (Å²) in [5, 5.41) is 43.2. The third-order valence-electron chi connectivity index (χ3n) is 13.4. The fourth-order valence-electron chi connectivity index (χ4n) is 10.8. The topological polar surface area (TPSA) is 115 Å². The maximum Gasteiger partial charge on any atom is 0.310 e. The molecule has 36 heavy (non-hydrogen) atoms. The van der Waals surface area contributed by atoms with E-state index >= 15 is 0 Å². The molecule has 9 atom stereocenters. The summed E-state index contributed by atoms with van der Waals surface area (Å²) >= 11 is 0. The van der Waals surface area contributed by atoms with E-state index in [1.54, 1.807) is 0 Å². The van der Waals surface area contributed by atoms with Gasteiger partial charge in [-0.1, -0.05) is 39.3 Å². The maximum absolute atomic E-state index is 13.0. The van der Waals surface area contributed by atoms with E-state index in [0.29, 0.717) is 19.3 Å². The van der Waals surface area contributed by atoms with E-state index in [4.69, 9.17) is 0 Å². The van der Waals surface area contributed by atoms with Gasteiger partial charge in [-0.05, 0) is 92.3 Å². The van der Waals surface area contributed by atoms with Gasteiger partial charge in [0.25, 0.3) is 0 Å². The smallest absolute Gasteiger partial charge is 0.310 e. The molecule has 0 heterocycles.